The van der Waals surface area contributed by atoms with E-state index in [1.54, 1.807) is 7.05 Å². The molecule has 33 heavy (non-hydrogen) atoms. The van der Waals surface area contributed by atoms with Crippen LogP contribution in [0.5, 0.6) is 0 Å². The van der Waals surface area contributed by atoms with Crippen molar-refractivity contribution >= 4 is 26.6 Å². The number of hydrogen-bond acceptors (Lipinski definition) is 5. The molecule has 3 aromatic rings. The molecule has 174 valence electrons. The number of morpholine rings is 1. The zero-order valence-electron chi connectivity index (χ0n) is 19.4. The maximum absolute atomic E-state index is 12.9. The molecule has 0 bridgehead atoms. The Morgan fingerprint density at radius 2 is 1.82 bits per heavy atom. The van der Waals surface area contributed by atoms with E-state index in [1.165, 1.54) is 4.31 Å². The second-order valence-electron chi connectivity index (χ2n) is 8.38. The minimum atomic E-state index is -3.45. The fraction of sp³-hybridized carbons (Fsp3) is 0.400. The number of nitrogens with zero attached hydrogens (tertiary/aromatic N) is 4. The van der Waals surface area contributed by atoms with Crippen LogP contribution in [0.25, 0.3) is 22.2 Å². The van der Waals surface area contributed by atoms with E-state index in [4.69, 9.17) is 4.74 Å². The van der Waals surface area contributed by atoms with Gasteiger partial charge in [-0.1, -0.05) is 24.3 Å². The zero-order valence-corrected chi connectivity index (χ0v) is 20.2. The number of hydrogen-bond donors (Lipinski definition) is 0. The van der Waals surface area contributed by atoms with E-state index in [-0.39, 0.29) is 5.75 Å². The molecule has 0 atom stereocenters. The van der Waals surface area contributed by atoms with E-state index < -0.39 is 10.0 Å². The van der Waals surface area contributed by atoms with E-state index in [1.807, 2.05) is 43.3 Å². The van der Waals surface area contributed by atoms with E-state index >= 15 is 0 Å². The first-order chi connectivity index (χ1) is 15.9. The summed E-state index contributed by atoms with van der Waals surface area (Å²) in [5.74, 6) is 0.0628. The predicted molar refractivity (Wildman–Crippen MR) is 132 cm³/mol. The van der Waals surface area contributed by atoms with Crippen LogP contribution in [0.3, 0.4) is 0 Å². The minimum absolute atomic E-state index is 0.0628. The van der Waals surface area contributed by atoms with Gasteiger partial charge in [0.2, 0.25) is 10.0 Å². The maximum atomic E-state index is 12.9. The van der Waals surface area contributed by atoms with Gasteiger partial charge in [-0.05, 0) is 43.2 Å². The summed E-state index contributed by atoms with van der Waals surface area (Å²) in [7, 11) is -1.85. The highest BCUT2D eigenvalue weighted by molar-refractivity contribution is 7.92. The Morgan fingerprint density at radius 1 is 1.12 bits per heavy atom. The Morgan fingerprint density at radius 3 is 2.45 bits per heavy atom. The van der Waals surface area contributed by atoms with Gasteiger partial charge in [0.1, 0.15) is 6.07 Å². The molecule has 1 fully saturated rings. The fourth-order valence-electron chi connectivity index (χ4n) is 4.40. The van der Waals surface area contributed by atoms with Crippen LogP contribution in [0, 0.1) is 18.3 Å². The molecule has 0 amide bonds. The first-order valence-electron chi connectivity index (χ1n) is 11.3. The largest absolute Gasteiger partial charge is 0.379 e. The summed E-state index contributed by atoms with van der Waals surface area (Å²) in [6.07, 6.45) is 0. The lowest BCUT2D eigenvalue weighted by molar-refractivity contribution is 0.0408. The Bertz CT molecular complexity index is 1280. The van der Waals surface area contributed by atoms with E-state index in [2.05, 4.69) is 28.5 Å². The number of anilines is 1. The summed E-state index contributed by atoms with van der Waals surface area (Å²) < 4.78 is 34.6. The average molecular weight is 467 g/mol. The normalized spacial score (nSPS) is 15.0. The van der Waals surface area contributed by atoms with Gasteiger partial charge in [0, 0.05) is 38.6 Å². The molecular weight excluding hydrogens is 436 g/mol. The van der Waals surface area contributed by atoms with E-state index in [9.17, 15) is 13.7 Å². The number of aromatic nitrogens is 1. The third kappa shape index (κ3) is 4.62. The lowest BCUT2D eigenvalue weighted by Crippen LogP contribution is -2.41. The first kappa shape index (κ1) is 23.3. The highest BCUT2D eigenvalue weighted by Crippen LogP contribution is 2.35. The van der Waals surface area contributed by atoms with Gasteiger partial charge >= 0.3 is 0 Å². The first-order valence-corrected chi connectivity index (χ1v) is 12.9. The summed E-state index contributed by atoms with van der Waals surface area (Å²) in [6.45, 7) is 8.16. The van der Waals surface area contributed by atoms with Crippen LogP contribution in [-0.2, 0) is 21.3 Å². The molecule has 0 spiro atoms. The van der Waals surface area contributed by atoms with Crippen molar-refractivity contribution in [2.45, 2.75) is 20.4 Å². The lowest BCUT2D eigenvalue weighted by atomic mass is 10.1. The summed E-state index contributed by atoms with van der Waals surface area (Å²) in [4.78, 5) is 2.12. The summed E-state index contributed by atoms with van der Waals surface area (Å²) in [6, 6.07) is 15.9. The quantitative estimate of drug-likeness (QED) is 0.532. The highest BCUT2D eigenvalue weighted by Gasteiger charge is 2.22. The van der Waals surface area contributed by atoms with Crippen molar-refractivity contribution in [1.82, 2.24) is 9.47 Å². The number of sulfonamides is 1. The van der Waals surface area contributed by atoms with Gasteiger partial charge in [-0.25, -0.2) is 8.42 Å². The van der Waals surface area contributed by atoms with Crippen LogP contribution >= 0.6 is 0 Å². The van der Waals surface area contributed by atoms with Crippen LogP contribution in [0.15, 0.2) is 42.5 Å². The Kier molecular flexibility index (Phi) is 6.75. The monoisotopic (exact) mass is 466 g/mol. The summed E-state index contributed by atoms with van der Waals surface area (Å²) in [5, 5.41) is 10.8. The van der Waals surface area contributed by atoms with Crippen LogP contribution in [0.1, 0.15) is 18.1 Å². The smallest absolute Gasteiger partial charge is 0.236 e. The number of aryl methyl sites for hydroxylation is 2. The third-order valence-corrected chi connectivity index (χ3v) is 8.08. The molecule has 0 unspecified atom stereocenters. The lowest BCUT2D eigenvalue weighted by Gasteiger charge is -2.27. The van der Waals surface area contributed by atoms with Crippen molar-refractivity contribution in [3.63, 3.8) is 0 Å². The van der Waals surface area contributed by atoms with Gasteiger partial charge in [-0.15, -0.1) is 0 Å². The molecule has 7 nitrogen and oxygen atoms in total. The van der Waals surface area contributed by atoms with Crippen LogP contribution in [0.4, 0.5) is 5.69 Å². The zero-order chi connectivity index (χ0) is 23.6. The maximum Gasteiger partial charge on any atom is 0.236 e. The molecule has 4 rings (SSSR count). The molecule has 0 saturated carbocycles. The molecule has 2 aromatic carbocycles. The van der Waals surface area contributed by atoms with Gasteiger partial charge in [-0.2, -0.15) is 5.26 Å². The minimum Gasteiger partial charge on any atom is -0.379 e. The van der Waals surface area contributed by atoms with Crippen molar-refractivity contribution < 1.29 is 13.2 Å². The molecule has 2 heterocycles. The van der Waals surface area contributed by atoms with E-state index in [0.29, 0.717) is 31.0 Å². The Hall–Kier alpha value is -2.86. The summed E-state index contributed by atoms with van der Waals surface area (Å²) >= 11 is 0. The van der Waals surface area contributed by atoms with Gasteiger partial charge in [0.15, 0.2) is 0 Å². The number of nitriles is 1. The van der Waals surface area contributed by atoms with Gasteiger partial charge in [-0.3, -0.25) is 9.21 Å². The van der Waals surface area contributed by atoms with Crippen molar-refractivity contribution in [3.05, 3.63) is 53.6 Å². The number of benzene rings is 2. The predicted octanol–water partition coefficient (Wildman–Crippen LogP) is 3.61. The van der Waals surface area contributed by atoms with Crippen molar-refractivity contribution in [1.29, 1.82) is 5.26 Å². The molecule has 0 radical (unpaired) electrons. The third-order valence-electron chi connectivity index (χ3n) is 6.34. The molecule has 1 aromatic heterocycles. The second kappa shape index (κ2) is 9.56. The molecule has 1 saturated heterocycles. The van der Waals surface area contributed by atoms with Gasteiger partial charge in [0.05, 0.1) is 41.4 Å². The van der Waals surface area contributed by atoms with Crippen molar-refractivity contribution in [3.8, 4) is 17.3 Å². The van der Waals surface area contributed by atoms with E-state index in [0.717, 1.165) is 47.4 Å². The number of rotatable bonds is 7. The molecule has 1 aliphatic heterocycles. The van der Waals surface area contributed by atoms with Crippen LogP contribution in [-0.4, -0.2) is 63.5 Å². The SMILES string of the molecule is CCn1c(-c2ccc(N(C)S(=O)(=O)CCN3CCOCC3)cc2)c(C#N)c2ccc(C)cc21. The standard InChI is InChI=1S/C25H30N4O3S/c1-4-29-24-17-19(2)5-10-22(24)23(18-26)25(29)20-6-8-21(9-7-20)27(3)33(30,31)16-13-28-11-14-32-15-12-28/h5-10,17H,4,11-16H2,1-3H3. The highest BCUT2D eigenvalue weighted by atomic mass is 32.2. The second-order valence-corrected chi connectivity index (χ2v) is 10.5. The Labute approximate surface area is 195 Å². The fourth-order valence-corrected chi connectivity index (χ4v) is 5.60. The molecule has 0 aliphatic carbocycles. The van der Waals surface area contributed by atoms with Gasteiger partial charge in [0.25, 0.3) is 0 Å². The molecule has 0 N–H and O–H groups in total. The van der Waals surface area contributed by atoms with Crippen molar-refractivity contribution in [2.75, 3.05) is 50.0 Å². The Balaban J connectivity index is 1.61. The van der Waals surface area contributed by atoms with Crippen molar-refractivity contribution in [2.24, 2.45) is 0 Å². The van der Waals surface area contributed by atoms with Gasteiger partial charge < -0.3 is 9.30 Å². The number of ether oxygens (including phenoxy) is 1. The van der Waals surface area contributed by atoms with Crippen LogP contribution in [0.2, 0.25) is 0 Å². The number of fused-ring (bicyclic) bond motifs is 1. The van der Waals surface area contributed by atoms with Crippen LogP contribution < -0.4 is 4.31 Å². The molecule has 8 heteroatoms. The average Bonchev–Trinajstić information content (AvgIpc) is 3.15. The molecule has 1 aliphatic rings. The summed E-state index contributed by atoms with van der Waals surface area (Å²) in [5.41, 5.74) is 5.19. The molecular formula is C25H30N4O3S. The topological polar surface area (TPSA) is 78.6 Å².